The lowest BCUT2D eigenvalue weighted by atomic mass is 9.80. The van der Waals surface area contributed by atoms with Gasteiger partial charge in [-0.25, -0.2) is 0 Å². The Morgan fingerprint density at radius 3 is 2.68 bits per heavy atom. The molecule has 0 radical (unpaired) electrons. The molecule has 120 valence electrons. The van der Waals surface area contributed by atoms with E-state index in [9.17, 15) is 5.11 Å². The van der Waals surface area contributed by atoms with Crippen molar-refractivity contribution in [1.82, 2.24) is 5.06 Å². The largest absolute Gasteiger partial charge is 0.390 e. The first-order valence-electron chi connectivity index (χ1n) is 8.01. The zero-order valence-corrected chi connectivity index (χ0v) is 13.0. The van der Waals surface area contributed by atoms with Crippen LogP contribution in [0, 0.1) is 5.92 Å². The molecule has 2 saturated heterocycles. The molecule has 4 rings (SSSR count). The third-order valence-electron chi connectivity index (χ3n) is 4.87. The molecule has 5 heteroatoms. The van der Waals surface area contributed by atoms with Crippen molar-refractivity contribution in [3.63, 3.8) is 0 Å². The van der Waals surface area contributed by atoms with E-state index in [1.54, 1.807) is 0 Å². The molecule has 22 heavy (non-hydrogen) atoms. The third kappa shape index (κ3) is 2.47. The molecule has 2 heterocycles. The number of hydrogen-bond donors (Lipinski definition) is 1. The van der Waals surface area contributed by atoms with E-state index in [1.165, 1.54) is 5.56 Å². The predicted molar refractivity (Wildman–Crippen MR) is 79.7 cm³/mol. The molecule has 2 aliphatic heterocycles. The molecule has 1 aromatic rings. The van der Waals surface area contributed by atoms with Gasteiger partial charge in [-0.1, -0.05) is 30.3 Å². The maximum atomic E-state index is 10.4. The lowest BCUT2D eigenvalue weighted by Gasteiger charge is -2.38. The van der Waals surface area contributed by atoms with E-state index >= 15 is 0 Å². The number of hydrogen-bond acceptors (Lipinski definition) is 5. The van der Waals surface area contributed by atoms with Crippen LogP contribution in [0.1, 0.15) is 25.8 Å². The summed E-state index contributed by atoms with van der Waals surface area (Å²) in [4.78, 5) is 5.92. The fraction of sp³-hybridized carbons (Fsp3) is 0.647. The molecule has 1 saturated carbocycles. The SMILES string of the molecule is CC1(C)O[C@H]2[C@@H](O)CC3CON(Cc4ccccc4)C3[C@@H]2O1. The van der Waals surface area contributed by atoms with E-state index in [1.807, 2.05) is 37.1 Å². The molecule has 0 spiro atoms. The topological polar surface area (TPSA) is 51.2 Å². The molecular formula is C17H23NO4. The number of rotatable bonds is 2. The van der Waals surface area contributed by atoms with Gasteiger partial charge < -0.3 is 14.6 Å². The molecule has 1 aliphatic carbocycles. The van der Waals surface area contributed by atoms with Gasteiger partial charge in [0.1, 0.15) is 12.2 Å². The van der Waals surface area contributed by atoms with E-state index in [4.69, 9.17) is 14.3 Å². The quantitative estimate of drug-likeness (QED) is 0.901. The highest BCUT2D eigenvalue weighted by Crippen LogP contribution is 2.44. The summed E-state index contributed by atoms with van der Waals surface area (Å²) >= 11 is 0. The highest BCUT2D eigenvalue weighted by molar-refractivity contribution is 5.15. The second-order valence-corrected chi connectivity index (χ2v) is 6.98. The van der Waals surface area contributed by atoms with Gasteiger partial charge in [-0.2, -0.15) is 5.06 Å². The molecule has 3 fully saturated rings. The number of hydroxylamine groups is 2. The van der Waals surface area contributed by atoms with Crippen LogP contribution in [0.3, 0.4) is 0 Å². The smallest absolute Gasteiger partial charge is 0.163 e. The molecule has 0 amide bonds. The standard InChI is InChI=1S/C17H23NO4/c1-17(2)21-15-13(19)8-12-10-20-18(14(12)16(15)22-17)9-11-6-4-3-5-7-11/h3-7,12-16,19H,8-10H2,1-2H3/t12?,13-,14?,15-,16-/m0/s1. The van der Waals surface area contributed by atoms with Gasteiger partial charge in [0.25, 0.3) is 0 Å². The van der Waals surface area contributed by atoms with Gasteiger partial charge in [0.05, 0.1) is 18.8 Å². The monoisotopic (exact) mass is 305 g/mol. The van der Waals surface area contributed by atoms with Crippen LogP contribution in [0.4, 0.5) is 0 Å². The van der Waals surface area contributed by atoms with Crippen LogP contribution in [-0.4, -0.2) is 46.9 Å². The first kappa shape index (κ1) is 14.6. The number of nitrogens with zero attached hydrogens (tertiary/aromatic N) is 1. The summed E-state index contributed by atoms with van der Waals surface area (Å²) in [6.07, 6.45) is -0.184. The van der Waals surface area contributed by atoms with Crippen LogP contribution in [0.2, 0.25) is 0 Å². The number of ether oxygens (including phenoxy) is 2. The predicted octanol–water partition coefficient (Wildman–Crippen LogP) is 1.70. The summed E-state index contributed by atoms with van der Waals surface area (Å²) in [5.41, 5.74) is 1.21. The normalized spacial score (nSPS) is 40.4. The molecule has 1 aromatic carbocycles. The fourth-order valence-corrected chi connectivity index (χ4v) is 3.99. The van der Waals surface area contributed by atoms with Crippen molar-refractivity contribution in [2.75, 3.05) is 6.61 Å². The second-order valence-electron chi connectivity index (χ2n) is 6.98. The van der Waals surface area contributed by atoms with Crippen molar-refractivity contribution in [2.24, 2.45) is 5.92 Å². The summed E-state index contributed by atoms with van der Waals surface area (Å²) in [7, 11) is 0. The number of benzene rings is 1. The molecule has 0 aromatic heterocycles. The van der Waals surface area contributed by atoms with Crippen LogP contribution in [-0.2, 0) is 20.9 Å². The Morgan fingerprint density at radius 2 is 1.91 bits per heavy atom. The molecule has 3 aliphatic rings. The van der Waals surface area contributed by atoms with Crippen molar-refractivity contribution in [2.45, 2.75) is 57.0 Å². The molecule has 2 unspecified atom stereocenters. The Kier molecular flexibility index (Phi) is 3.51. The lowest BCUT2D eigenvalue weighted by Crippen LogP contribution is -2.55. The van der Waals surface area contributed by atoms with Gasteiger partial charge in [-0.05, 0) is 25.8 Å². The summed E-state index contributed by atoms with van der Waals surface area (Å²) in [5, 5.41) is 12.4. The first-order valence-corrected chi connectivity index (χ1v) is 8.01. The highest BCUT2D eigenvalue weighted by atomic mass is 16.8. The second kappa shape index (κ2) is 5.28. The summed E-state index contributed by atoms with van der Waals surface area (Å²) < 4.78 is 12.0. The van der Waals surface area contributed by atoms with Crippen LogP contribution >= 0.6 is 0 Å². The Labute approximate surface area is 130 Å². The van der Waals surface area contributed by atoms with Gasteiger partial charge in [0.2, 0.25) is 0 Å². The minimum atomic E-state index is -0.647. The van der Waals surface area contributed by atoms with Gasteiger partial charge in [0.15, 0.2) is 5.79 Å². The maximum Gasteiger partial charge on any atom is 0.163 e. The molecule has 5 nitrogen and oxygen atoms in total. The van der Waals surface area contributed by atoms with Crippen LogP contribution < -0.4 is 0 Å². The van der Waals surface area contributed by atoms with Crippen LogP contribution in [0.25, 0.3) is 0 Å². The van der Waals surface area contributed by atoms with Gasteiger partial charge >= 0.3 is 0 Å². The van der Waals surface area contributed by atoms with Gasteiger partial charge in [-0.15, -0.1) is 0 Å². The average Bonchev–Trinajstić information content (AvgIpc) is 3.00. The summed E-state index contributed by atoms with van der Waals surface area (Å²) in [6.45, 7) is 5.18. The van der Waals surface area contributed by atoms with Gasteiger partial charge in [0, 0.05) is 12.5 Å². The van der Waals surface area contributed by atoms with E-state index in [0.717, 1.165) is 6.54 Å². The maximum absolute atomic E-state index is 10.4. The average molecular weight is 305 g/mol. The van der Waals surface area contributed by atoms with Crippen molar-refractivity contribution in [1.29, 1.82) is 0 Å². The summed E-state index contributed by atoms with van der Waals surface area (Å²) in [5.74, 6) is -0.357. The fourth-order valence-electron chi connectivity index (χ4n) is 3.99. The van der Waals surface area contributed by atoms with Crippen LogP contribution in [0.5, 0.6) is 0 Å². The summed E-state index contributed by atoms with van der Waals surface area (Å²) in [6, 6.07) is 10.4. The number of aliphatic hydroxyl groups excluding tert-OH is 1. The Balaban J connectivity index is 1.57. The van der Waals surface area contributed by atoms with Crippen molar-refractivity contribution in [3.8, 4) is 0 Å². The van der Waals surface area contributed by atoms with Crippen molar-refractivity contribution < 1.29 is 19.4 Å². The molecular weight excluding hydrogens is 282 g/mol. The number of aliphatic hydroxyl groups is 1. The Bertz CT molecular complexity index is 535. The Hall–Kier alpha value is -0.980. The van der Waals surface area contributed by atoms with E-state index in [2.05, 4.69) is 12.1 Å². The zero-order chi connectivity index (χ0) is 15.3. The van der Waals surface area contributed by atoms with E-state index < -0.39 is 11.9 Å². The van der Waals surface area contributed by atoms with E-state index in [-0.39, 0.29) is 24.2 Å². The van der Waals surface area contributed by atoms with Crippen molar-refractivity contribution in [3.05, 3.63) is 35.9 Å². The highest BCUT2D eigenvalue weighted by Gasteiger charge is 2.57. The van der Waals surface area contributed by atoms with E-state index in [0.29, 0.717) is 13.0 Å². The molecule has 0 bridgehead atoms. The van der Waals surface area contributed by atoms with Gasteiger partial charge in [-0.3, -0.25) is 4.84 Å². The minimum absolute atomic E-state index is 0.135. The van der Waals surface area contributed by atoms with Crippen LogP contribution in [0.15, 0.2) is 30.3 Å². The van der Waals surface area contributed by atoms with Crippen molar-refractivity contribution >= 4 is 0 Å². The molecule has 5 atom stereocenters. The first-order chi connectivity index (χ1) is 10.5. The minimum Gasteiger partial charge on any atom is -0.390 e. The number of fused-ring (bicyclic) bond motifs is 3. The molecule has 1 N–H and O–H groups in total. The third-order valence-corrected chi connectivity index (χ3v) is 4.87. The lowest BCUT2D eigenvalue weighted by molar-refractivity contribution is -0.181. The zero-order valence-electron chi connectivity index (χ0n) is 13.0. The Morgan fingerprint density at radius 1 is 1.18 bits per heavy atom.